The lowest BCUT2D eigenvalue weighted by atomic mass is 10.0. The third-order valence-electron chi connectivity index (χ3n) is 3.48. The van der Waals surface area contributed by atoms with Gasteiger partial charge in [-0.1, -0.05) is 24.3 Å². The number of aliphatic hydroxyl groups excluding tert-OH is 1. The van der Waals surface area contributed by atoms with Gasteiger partial charge in [0.05, 0.1) is 6.10 Å². The highest BCUT2D eigenvalue weighted by molar-refractivity contribution is 6.05. The van der Waals surface area contributed by atoms with E-state index in [9.17, 15) is 9.90 Å². The van der Waals surface area contributed by atoms with Gasteiger partial charge in [0.2, 0.25) is 0 Å². The predicted octanol–water partition coefficient (Wildman–Crippen LogP) is 3.61. The van der Waals surface area contributed by atoms with Gasteiger partial charge in [-0.3, -0.25) is 4.79 Å². The molecule has 0 fully saturated rings. The summed E-state index contributed by atoms with van der Waals surface area (Å²) in [4.78, 5) is 12.3. The van der Waals surface area contributed by atoms with Crippen molar-refractivity contribution in [3.05, 3.63) is 64.7 Å². The van der Waals surface area contributed by atoms with E-state index in [1.165, 1.54) is 0 Å². The van der Waals surface area contributed by atoms with E-state index in [2.05, 4.69) is 5.32 Å². The van der Waals surface area contributed by atoms with Crippen molar-refractivity contribution in [2.45, 2.75) is 26.9 Å². The molecule has 1 atom stereocenters. The summed E-state index contributed by atoms with van der Waals surface area (Å²) in [5, 5.41) is 12.4. The summed E-state index contributed by atoms with van der Waals surface area (Å²) in [5.74, 6) is -0.131. The van der Waals surface area contributed by atoms with E-state index in [1.807, 2.05) is 50.2 Å². The minimum atomic E-state index is -0.549. The van der Waals surface area contributed by atoms with E-state index < -0.39 is 6.10 Å². The van der Waals surface area contributed by atoms with Crippen LogP contribution < -0.4 is 5.32 Å². The lowest BCUT2D eigenvalue weighted by molar-refractivity contribution is 0.102. The van der Waals surface area contributed by atoms with Crippen molar-refractivity contribution < 1.29 is 9.90 Å². The van der Waals surface area contributed by atoms with Gasteiger partial charge in [-0.15, -0.1) is 0 Å². The normalized spacial score (nSPS) is 12.0. The Labute approximate surface area is 119 Å². The second kappa shape index (κ2) is 5.88. The van der Waals surface area contributed by atoms with E-state index in [4.69, 9.17) is 0 Å². The zero-order valence-corrected chi connectivity index (χ0v) is 12.0. The van der Waals surface area contributed by atoms with Gasteiger partial charge in [-0.2, -0.15) is 0 Å². The van der Waals surface area contributed by atoms with Crippen LogP contribution in [0.4, 0.5) is 5.69 Å². The fourth-order valence-electron chi connectivity index (χ4n) is 2.07. The number of hydrogen-bond donors (Lipinski definition) is 2. The molecule has 0 aromatic heterocycles. The number of nitrogens with one attached hydrogen (secondary N) is 1. The molecule has 0 radical (unpaired) electrons. The highest BCUT2D eigenvalue weighted by Crippen LogP contribution is 2.19. The standard InChI is InChI=1S/C17H19NO2/c1-11-6-4-9-16(12(11)2)17(20)18-15-8-5-7-14(10-15)13(3)19/h4-10,13,19H,1-3H3,(H,18,20). The number of anilines is 1. The van der Waals surface area contributed by atoms with E-state index in [1.54, 1.807) is 13.0 Å². The smallest absolute Gasteiger partial charge is 0.255 e. The van der Waals surface area contributed by atoms with E-state index >= 15 is 0 Å². The molecule has 3 heteroatoms. The van der Waals surface area contributed by atoms with Crippen LogP contribution in [0.15, 0.2) is 42.5 Å². The Balaban J connectivity index is 2.24. The molecule has 0 bridgehead atoms. The van der Waals surface area contributed by atoms with Crippen LogP contribution >= 0.6 is 0 Å². The second-order valence-corrected chi connectivity index (χ2v) is 5.00. The first-order valence-electron chi connectivity index (χ1n) is 6.64. The van der Waals surface area contributed by atoms with Crippen molar-refractivity contribution in [2.75, 3.05) is 5.32 Å². The molecule has 0 saturated heterocycles. The average Bonchev–Trinajstić information content (AvgIpc) is 2.42. The minimum absolute atomic E-state index is 0.131. The number of carbonyl (C=O) groups excluding carboxylic acids is 1. The molecule has 2 aromatic rings. The molecule has 3 nitrogen and oxygen atoms in total. The summed E-state index contributed by atoms with van der Waals surface area (Å²) < 4.78 is 0. The van der Waals surface area contributed by atoms with Gasteiger partial charge in [0, 0.05) is 11.3 Å². The number of amides is 1. The van der Waals surface area contributed by atoms with Gasteiger partial charge in [-0.25, -0.2) is 0 Å². The first-order chi connectivity index (χ1) is 9.49. The van der Waals surface area contributed by atoms with Gasteiger partial charge in [-0.05, 0) is 55.7 Å². The Morgan fingerprint density at radius 1 is 1.15 bits per heavy atom. The Morgan fingerprint density at radius 3 is 2.55 bits per heavy atom. The van der Waals surface area contributed by atoms with Crippen LogP contribution in [-0.4, -0.2) is 11.0 Å². The SMILES string of the molecule is Cc1cccc(C(=O)Nc2cccc(C(C)O)c2)c1C. The molecule has 0 heterocycles. The van der Waals surface area contributed by atoms with Crippen LogP contribution in [0.1, 0.15) is 40.1 Å². The largest absolute Gasteiger partial charge is 0.389 e. The second-order valence-electron chi connectivity index (χ2n) is 5.00. The molecule has 2 aromatic carbocycles. The van der Waals surface area contributed by atoms with Gasteiger partial charge >= 0.3 is 0 Å². The summed E-state index contributed by atoms with van der Waals surface area (Å²) >= 11 is 0. The molecular formula is C17H19NO2. The Morgan fingerprint density at radius 2 is 1.85 bits per heavy atom. The zero-order valence-electron chi connectivity index (χ0n) is 12.0. The fourth-order valence-corrected chi connectivity index (χ4v) is 2.07. The number of rotatable bonds is 3. The quantitative estimate of drug-likeness (QED) is 0.894. The Hall–Kier alpha value is -2.13. The first kappa shape index (κ1) is 14.3. The maximum absolute atomic E-state index is 12.3. The van der Waals surface area contributed by atoms with Crippen LogP contribution in [0.5, 0.6) is 0 Å². The van der Waals surface area contributed by atoms with Gasteiger partial charge in [0.15, 0.2) is 0 Å². The maximum atomic E-state index is 12.3. The molecule has 1 unspecified atom stereocenters. The minimum Gasteiger partial charge on any atom is -0.389 e. The van der Waals surface area contributed by atoms with Crippen molar-refractivity contribution in [1.82, 2.24) is 0 Å². The third-order valence-corrected chi connectivity index (χ3v) is 3.48. The average molecular weight is 269 g/mol. The highest BCUT2D eigenvalue weighted by Gasteiger charge is 2.11. The Bertz CT molecular complexity index is 633. The van der Waals surface area contributed by atoms with Gasteiger partial charge in [0.1, 0.15) is 0 Å². The molecule has 1 amide bonds. The number of aliphatic hydroxyl groups is 1. The molecule has 0 aliphatic rings. The van der Waals surface area contributed by atoms with Crippen LogP contribution in [0.3, 0.4) is 0 Å². The molecule has 20 heavy (non-hydrogen) atoms. The lowest BCUT2D eigenvalue weighted by Crippen LogP contribution is -2.14. The first-order valence-corrected chi connectivity index (χ1v) is 6.64. The monoisotopic (exact) mass is 269 g/mol. The van der Waals surface area contributed by atoms with Crippen LogP contribution in [-0.2, 0) is 0 Å². The molecular weight excluding hydrogens is 250 g/mol. The number of aryl methyl sites for hydroxylation is 1. The van der Waals surface area contributed by atoms with Gasteiger partial charge < -0.3 is 10.4 Å². The van der Waals surface area contributed by atoms with Crippen molar-refractivity contribution >= 4 is 11.6 Å². The molecule has 0 saturated carbocycles. The van der Waals surface area contributed by atoms with Crippen LogP contribution in [0.2, 0.25) is 0 Å². The summed E-state index contributed by atoms with van der Waals surface area (Å²) in [7, 11) is 0. The zero-order chi connectivity index (χ0) is 14.7. The highest BCUT2D eigenvalue weighted by atomic mass is 16.3. The number of benzene rings is 2. The van der Waals surface area contributed by atoms with E-state index in [0.717, 1.165) is 16.7 Å². The van der Waals surface area contributed by atoms with Gasteiger partial charge in [0.25, 0.3) is 5.91 Å². The summed E-state index contributed by atoms with van der Waals surface area (Å²) in [5.41, 5.74) is 4.22. The molecule has 104 valence electrons. The predicted molar refractivity (Wildman–Crippen MR) is 80.9 cm³/mol. The fraction of sp³-hybridized carbons (Fsp3) is 0.235. The summed E-state index contributed by atoms with van der Waals surface area (Å²) in [6.07, 6.45) is -0.549. The molecule has 2 N–H and O–H groups in total. The lowest BCUT2D eigenvalue weighted by Gasteiger charge is -2.11. The Kier molecular flexibility index (Phi) is 4.20. The molecule has 2 rings (SSSR count). The molecule has 0 aliphatic carbocycles. The van der Waals surface area contributed by atoms with Crippen molar-refractivity contribution in [1.29, 1.82) is 0 Å². The van der Waals surface area contributed by atoms with Crippen molar-refractivity contribution in [2.24, 2.45) is 0 Å². The molecule has 0 spiro atoms. The van der Waals surface area contributed by atoms with Crippen LogP contribution in [0.25, 0.3) is 0 Å². The molecule has 0 aliphatic heterocycles. The summed E-state index contributed by atoms with van der Waals surface area (Å²) in [6, 6.07) is 12.9. The summed E-state index contributed by atoms with van der Waals surface area (Å²) in [6.45, 7) is 5.63. The van der Waals surface area contributed by atoms with Crippen LogP contribution in [0, 0.1) is 13.8 Å². The van der Waals surface area contributed by atoms with Crippen molar-refractivity contribution in [3.8, 4) is 0 Å². The maximum Gasteiger partial charge on any atom is 0.255 e. The van der Waals surface area contributed by atoms with Crippen molar-refractivity contribution in [3.63, 3.8) is 0 Å². The number of carbonyl (C=O) groups is 1. The van der Waals surface area contributed by atoms with E-state index in [0.29, 0.717) is 11.3 Å². The third kappa shape index (κ3) is 3.06. The topological polar surface area (TPSA) is 49.3 Å². The number of hydrogen-bond acceptors (Lipinski definition) is 2. The van der Waals surface area contributed by atoms with E-state index in [-0.39, 0.29) is 5.91 Å².